The summed E-state index contributed by atoms with van der Waals surface area (Å²) in [5, 5.41) is 9.09. The lowest BCUT2D eigenvalue weighted by Crippen LogP contribution is -2.27. The molecule has 0 aliphatic carbocycles. The Bertz CT molecular complexity index is 457. The van der Waals surface area contributed by atoms with Gasteiger partial charge in [0.05, 0.1) is 5.92 Å². The smallest absolute Gasteiger partial charge is 0.306 e. The van der Waals surface area contributed by atoms with Crippen LogP contribution in [0.4, 0.5) is 0 Å². The van der Waals surface area contributed by atoms with Crippen LogP contribution in [0, 0.1) is 5.92 Å². The Labute approximate surface area is 123 Å². The van der Waals surface area contributed by atoms with Crippen LogP contribution in [0.3, 0.4) is 0 Å². The van der Waals surface area contributed by atoms with Gasteiger partial charge in [0.2, 0.25) is 0 Å². The average Bonchev–Trinajstić information content (AvgIpc) is 2.82. The van der Waals surface area contributed by atoms with E-state index < -0.39 is 5.97 Å². The Morgan fingerprint density at radius 3 is 2.79 bits per heavy atom. The highest BCUT2D eigenvalue weighted by Gasteiger charge is 2.29. The van der Waals surface area contributed by atoms with Gasteiger partial charge in [0, 0.05) is 30.8 Å². The third kappa shape index (κ3) is 2.92. The molecule has 1 fully saturated rings. The second kappa shape index (κ2) is 6.18. The number of rotatable bonds is 2. The number of hydrogen-bond donors (Lipinski definition) is 1. The summed E-state index contributed by atoms with van der Waals surface area (Å²) in [5.41, 5.74) is 1.11. The van der Waals surface area contributed by atoms with E-state index in [1.807, 2.05) is 18.0 Å². The summed E-state index contributed by atoms with van der Waals surface area (Å²) in [6.07, 6.45) is 5.70. The Morgan fingerprint density at radius 1 is 1.37 bits per heavy atom. The van der Waals surface area contributed by atoms with Crippen molar-refractivity contribution in [2.24, 2.45) is 5.92 Å². The molecule has 3 rings (SSSR count). The highest BCUT2D eigenvalue weighted by Crippen LogP contribution is 2.33. The molecule has 19 heavy (non-hydrogen) atoms. The summed E-state index contributed by atoms with van der Waals surface area (Å²) in [6.45, 7) is 0.825. The van der Waals surface area contributed by atoms with Crippen LogP contribution < -0.4 is 0 Å². The standard InChI is InChI=1S/C13H18N2O2S.ClH/c16-13(17)10-1-4-15-11(7-10)8-14-12(15)9-2-5-18-6-3-9;/h8-10H,1-7H2,(H,16,17);1H. The maximum Gasteiger partial charge on any atom is 0.306 e. The molecule has 0 bridgehead atoms. The molecule has 0 aromatic carbocycles. The van der Waals surface area contributed by atoms with Crippen LogP contribution >= 0.6 is 24.2 Å². The van der Waals surface area contributed by atoms with E-state index >= 15 is 0 Å². The first-order valence-corrected chi connectivity index (χ1v) is 7.76. The predicted molar refractivity (Wildman–Crippen MR) is 78.2 cm³/mol. The van der Waals surface area contributed by atoms with E-state index in [1.165, 1.54) is 30.2 Å². The highest BCUT2D eigenvalue weighted by atomic mass is 35.5. The van der Waals surface area contributed by atoms with E-state index in [0.717, 1.165) is 18.7 Å². The number of carbonyl (C=O) groups is 1. The molecule has 106 valence electrons. The molecule has 1 saturated heterocycles. The molecule has 0 amide bonds. The van der Waals surface area contributed by atoms with Crippen LogP contribution in [0.15, 0.2) is 6.20 Å². The molecule has 0 spiro atoms. The number of thioether (sulfide) groups is 1. The number of imidazole rings is 1. The number of halogens is 1. The van der Waals surface area contributed by atoms with Gasteiger partial charge < -0.3 is 9.67 Å². The van der Waals surface area contributed by atoms with Crippen LogP contribution in [0.1, 0.15) is 36.7 Å². The summed E-state index contributed by atoms with van der Waals surface area (Å²) >= 11 is 2.02. The number of carboxylic acids is 1. The van der Waals surface area contributed by atoms with Crippen molar-refractivity contribution in [3.63, 3.8) is 0 Å². The van der Waals surface area contributed by atoms with E-state index in [-0.39, 0.29) is 18.3 Å². The monoisotopic (exact) mass is 302 g/mol. The third-order valence-corrected chi connectivity index (χ3v) is 5.11. The summed E-state index contributed by atoms with van der Waals surface area (Å²) < 4.78 is 2.28. The van der Waals surface area contributed by atoms with E-state index in [0.29, 0.717) is 12.3 Å². The number of aromatic nitrogens is 2. The Morgan fingerprint density at radius 2 is 2.11 bits per heavy atom. The van der Waals surface area contributed by atoms with Gasteiger partial charge in [0.1, 0.15) is 5.82 Å². The van der Waals surface area contributed by atoms with Gasteiger partial charge >= 0.3 is 5.97 Å². The minimum Gasteiger partial charge on any atom is -0.481 e. The summed E-state index contributed by atoms with van der Waals surface area (Å²) in [7, 11) is 0. The molecule has 0 radical (unpaired) electrons. The minimum absolute atomic E-state index is 0. The zero-order valence-electron chi connectivity index (χ0n) is 10.7. The molecule has 1 aromatic rings. The van der Waals surface area contributed by atoms with Crippen molar-refractivity contribution in [1.82, 2.24) is 9.55 Å². The first-order valence-electron chi connectivity index (χ1n) is 6.60. The van der Waals surface area contributed by atoms with Crippen LogP contribution in [0.25, 0.3) is 0 Å². The number of nitrogens with zero attached hydrogens (tertiary/aromatic N) is 2. The van der Waals surface area contributed by atoms with Gasteiger partial charge in [0.15, 0.2) is 0 Å². The normalized spacial score (nSPS) is 23.5. The lowest BCUT2D eigenvalue weighted by atomic mass is 9.95. The molecule has 1 aromatic heterocycles. The van der Waals surface area contributed by atoms with Gasteiger partial charge in [-0.2, -0.15) is 11.8 Å². The number of hydrogen-bond acceptors (Lipinski definition) is 3. The number of aliphatic carboxylic acids is 1. The third-order valence-electron chi connectivity index (χ3n) is 4.06. The van der Waals surface area contributed by atoms with Crippen LogP contribution in [-0.2, 0) is 17.8 Å². The Balaban J connectivity index is 0.00000133. The topological polar surface area (TPSA) is 55.1 Å². The van der Waals surface area contributed by atoms with E-state index in [1.54, 1.807) is 0 Å². The quantitative estimate of drug-likeness (QED) is 0.912. The van der Waals surface area contributed by atoms with E-state index in [4.69, 9.17) is 5.11 Å². The molecular weight excluding hydrogens is 284 g/mol. The largest absolute Gasteiger partial charge is 0.481 e. The predicted octanol–water partition coefficient (Wildman–Crippen LogP) is 2.56. The van der Waals surface area contributed by atoms with Crippen LogP contribution in [0.5, 0.6) is 0 Å². The molecule has 4 nitrogen and oxygen atoms in total. The fraction of sp³-hybridized carbons (Fsp3) is 0.692. The zero-order chi connectivity index (χ0) is 12.5. The Kier molecular flexibility index (Phi) is 4.79. The van der Waals surface area contributed by atoms with Crippen molar-refractivity contribution in [2.45, 2.75) is 38.1 Å². The molecule has 2 aliphatic rings. The van der Waals surface area contributed by atoms with Crippen molar-refractivity contribution >= 4 is 30.1 Å². The van der Waals surface area contributed by atoms with Gasteiger partial charge in [-0.3, -0.25) is 4.79 Å². The van der Waals surface area contributed by atoms with Crippen molar-refractivity contribution in [3.8, 4) is 0 Å². The zero-order valence-corrected chi connectivity index (χ0v) is 12.4. The van der Waals surface area contributed by atoms with Gasteiger partial charge in [-0.25, -0.2) is 4.98 Å². The summed E-state index contributed by atoms with van der Waals surface area (Å²) in [6, 6.07) is 0. The minimum atomic E-state index is -0.668. The molecular formula is C13H19ClN2O2S. The molecule has 1 atom stereocenters. The second-order valence-corrected chi connectivity index (χ2v) is 6.40. The van der Waals surface area contributed by atoms with Gasteiger partial charge in [-0.15, -0.1) is 12.4 Å². The van der Waals surface area contributed by atoms with E-state index in [2.05, 4.69) is 9.55 Å². The molecule has 2 aliphatic heterocycles. The lowest BCUT2D eigenvalue weighted by Gasteiger charge is -2.26. The van der Waals surface area contributed by atoms with Crippen molar-refractivity contribution < 1.29 is 9.90 Å². The number of fused-ring (bicyclic) bond motifs is 1. The van der Waals surface area contributed by atoms with Crippen molar-refractivity contribution in [3.05, 3.63) is 17.7 Å². The second-order valence-electron chi connectivity index (χ2n) is 5.17. The van der Waals surface area contributed by atoms with Gasteiger partial charge in [-0.05, 0) is 30.8 Å². The van der Waals surface area contributed by atoms with E-state index in [9.17, 15) is 4.79 Å². The molecule has 1 unspecified atom stereocenters. The average molecular weight is 303 g/mol. The van der Waals surface area contributed by atoms with Crippen LogP contribution in [0.2, 0.25) is 0 Å². The molecule has 6 heteroatoms. The van der Waals surface area contributed by atoms with Gasteiger partial charge in [-0.1, -0.05) is 0 Å². The van der Waals surface area contributed by atoms with Crippen molar-refractivity contribution in [1.29, 1.82) is 0 Å². The highest BCUT2D eigenvalue weighted by molar-refractivity contribution is 7.99. The fourth-order valence-corrected chi connectivity index (χ4v) is 4.09. The first kappa shape index (κ1) is 14.7. The van der Waals surface area contributed by atoms with Crippen LogP contribution in [-0.4, -0.2) is 32.1 Å². The maximum absolute atomic E-state index is 11.0. The van der Waals surface area contributed by atoms with Crippen molar-refractivity contribution in [2.75, 3.05) is 11.5 Å². The van der Waals surface area contributed by atoms with Gasteiger partial charge in [0.25, 0.3) is 0 Å². The molecule has 0 saturated carbocycles. The summed E-state index contributed by atoms with van der Waals surface area (Å²) in [4.78, 5) is 15.6. The lowest BCUT2D eigenvalue weighted by molar-refractivity contribution is -0.142. The molecule has 3 heterocycles. The summed E-state index contributed by atoms with van der Waals surface area (Å²) in [5.74, 6) is 3.35. The first-order chi connectivity index (χ1) is 8.75. The maximum atomic E-state index is 11.0. The molecule has 1 N–H and O–H groups in total. The number of carboxylic acid groups (broad SMARTS) is 1. The Hall–Kier alpha value is -0.680. The SMILES string of the molecule is Cl.O=C(O)C1CCn2c(cnc2C2CCSCC2)C1. The fourth-order valence-electron chi connectivity index (χ4n) is 2.98.